The van der Waals surface area contributed by atoms with Gasteiger partial charge in [-0.3, -0.25) is 4.79 Å². The van der Waals surface area contributed by atoms with Gasteiger partial charge in [0.2, 0.25) is 0 Å². The van der Waals surface area contributed by atoms with E-state index < -0.39 is 11.5 Å². The number of rotatable bonds is 3. The van der Waals surface area contributed by atoms with Crippen molar-refractivity contribution in [1.29, 1.82) is 5.26 Å². The third-order valence-electron chi connectivity index (χ3n) is 2.95. The maximum Gasteiger partial charge on any atom is 0.339 e. The summed E-state index contributed by atoms with van der Waals surface area (Å²) in [6.07, 6.45) is 1.97. The number of ether oxygens (including phenoxy) is 1. The molecule has 0 aliphatic carbocycles. The van der Waals surface area contributed by atoms with Crippen LogP contribution in [0.3, 0.4) is 0 Å². The molecule has 1 heterocycles. The van der Waals surface area contributed by atoms with E-state index in [4.69, 9.17) is 5.26 Å². The molecule has 0 spiro atoms. The van der Waals surface area contributed by atoms with Gasteiger partial charge < -0.3 is 9.72 Å². The minimum atomic E-state index is -0.709. The molecule has 1 aromatic heterocycles. The number of aromatic amines is 1. The molecule has 0 radical (unpaired) electrons. The van der Waals surface area contributed by atoms with Crippen LogP contribution in [0.25, 0.3) is 11.3 Å². The monoisotopic (exact) mass is 300 g/mol. The SMILES string of the molecule is COC(=O)c1cc(-c2ccc(SC)cc2)[nH]c(=O)c1C#N. The number of thioether (sulfide) groups is 1. The van der Waals surface area contributed by atoms with Crippen LogP contribution in [0.4, 0.5) is 0 Å². The number of aromatic nitrogens is 1. The third kappa shape index (κ3) is 2.98. The van der Waals surface area contributed by atoms with E-state index >= 15 is 0 Å². The maximum absolute atomic E-state index is 11.9. The second-order valence-electron chi connectivity index (χ2n) is 4.13. The van der Waals surface area contributed by atoms with Crippen molar-refractivity contribution >= 4 is 17.7 Å². The number of H-pyrrole nitrogens is 1. The Morgan fingerprint density at radius 3 is 2.52 bits per heavy atom. The molecule has 0 amide bonds. The first kappa shape index (κ1) is 14.9. The topological polar surface area (TPSA) is 83.0 Å². The van der Waals surface area contributed by atoms with Crippen molar-refractivity contribution in [3.8, 4) is 17.3 Å². The molecule has 1 aromatic carbocycles. The van der Waals surface area contributed by atoms with E-state index in [1.54, 1.807) is 17.8 Å². The van der Waals surface area contributed by atoms with Crippen molar-refractivity contribution in [1.82, 2.24) is 4.98 Å². The molecule has 0 bridgehead atoms. The van der Waals surface area contributed by atoms with Crippen LogP contribution in [0, 0.1) is 11.3 Å². The summed E-state index contributed by atoms with van der Waals surface area (Å²) < 4.78 is 4.61. The van der Waals surface area contributed by atoms with E-state index in [9.17, 15) is 9.59 Å². The Hall–Kier alpha value is -2.52. The number of carbonyl (C=O) groups is 1. The van der Waals surface area contributed by atoms with E-state index in [-0.39, 0.29) is 11.1 Å². The molecule has 0 aliphatic rings. The average Bonchev–Trinajstić information content (AvgIpc) is 2.53. The highest BCUT2D eigenvalue weighted by molar-refractivity contribution is 7.98. The Bertz CT molecular complexity index is 773. The summed E-state index contributed by atoms with van der Waals surface area (Å²) in [6, 6.07) is 10.7. The smallest absolute Gasteiger partial charge is 0.339 e. The second kappa shape index (κ2) is 6.29. The van der Waals surface area contributed by atoms with Crippen LogP contribution in [-0.2, 0) is 4.74 Å². The number of nitrogens with one attached hydrogen (secondary N) is 1. The zero-order valence-electron chi connectivity index (χ0n) is 11.5. The van der Waals surface area contributed by atoms with Crippen molar-refractivity contribution in [3.05, 3.63) is 51.8 Å². The lowest BCUT2D eigenvalue weighted by Crippen LogP contribution is -2.17. The summed E-state index contributed by atoms with van der Waals surface area (Å²) in [4.78, 5) is 27.3. The van der Waals surface area contributed by atoms with Crippen LogP contribution in [-0.4, -0.2) is 24.3 Å². The number of hydrogen-bond donors (Lipinski definition) is 1. The lowest BCUT2D eigenvalue weighted by atomic mass is 10.1. The van der Waals surface area contributed by atoms with Gasteiger partial charge in [-0.15, -0.1) is 11.8 Å². The van der Waals surface area contributed by atoms with Gasteiger partial charge in [-0.2, -0.15) is 5.26 Å². The Kier molecular flexibility index (Phi) is 4.45. The number of nitriles is 1. The number of carbonyl (C=O) groups excluding carboxylic acids is 1. The van der Waals surface area contributed by atoms with E-state index in [0.29, 0.717) is 5.69 Å². The molecule has 2 aromatic rings. The summed E-state index contributed by atoms with van der Waals surface area (Å²) in [7, 11) is 1.21. The predicted molar refractivity (Wildman–Crippen MR) is 80.3 cm³/mol. The van der Waals surface area contributed by atoms with Crippen LogP contribution in [0.15, 0.2) is 40.0 Å². The normalized spacial score (nSPS) is 9.95. The zero-order chi connectivity index (χ0) is 15.4. The Labute approximate surface area is 125 Å². The van der Waals surface area contributed by atoms with Gasteiger partial charge in [0.1, 0.15) is 11.6 Å². The fourth-order valence-electron chi connectivity index (χ4n) is 1.87. The van der Waals surface area contributed by atoms with Gasteiger partial charge in [-0.05, 0) is 30.0 Å². The second-order valence-corrected chi connectivity index (χ2v) is 5.01. The highest BCUT2D eigenvalue weighted by Crippen LogP contribution is 2.22. The highest BCUT2D eigenvalue weighted by Gasteiger charge is 2.17. The molecule has 2 rings (SSSR count). The van der Waals surface area contributed by atoms with Crippen molar-refractivity contribution < 1.29 is 9.53 Å². The predicted octanol–water partition coefficient (Wildman–Crippen LogP) is 2.42. The van der Waals surface area contributed by atoms with Gasteiger partial charge in [0.25, 0.3) is 5.56 Å². The van der Waals surface area contributed by atoms with Gasteiger partial charge >= 0.3 is 5.97 Å². The minimum Gasteiger partial charge on any atom is -0.465 e. The lowest BCUT2D eigenvalue weighted by Gasteiger charge is -2.06. The number of benzene rings is 1. The molecule has 0 saturated heterocycles. The molecule has 0 saturated carbocycles. The summed E-state index contributed by atoms with van der Waals surface area (Å²) >= 11 is 1.60. The fraction of sp³-hybridized carbons (Fsp3) is 0.133. The molecule has 0 unspecified atom stereocenters. The van der Waals surface area contributed by atoms with Crippen molar-refractivity contribution in [2.45, 2.75) is 4.90 Å². The van der Waals surface area contributed by atoms with Crippen LogP contribution < -0.4 is 5.56 Å². The molecule has 0 fully saturated rings. The molecule has 1 N–H and O–H groups in total. The first-order valence-electron chi connectivity index (χ1n) is 6.01. The van der Waals surface area contributed by atoms with E-state index in [2.05, 4.69) is 9.72 Å². The Morgan fingerprint density at radius 2 is 2.00 bits per heavy atom. The molecule has 0 atom stereocenters. The molecule has 5 nitrogen and oxygen atoms in total. The number of methoxy groups -OCH3 is 1. The Balaban J connectivity index is 2.60. The fourth-order valence-corrected chi connectivity index (χ4v) is 2.28. The first-order chi connectivity index (χ1) is 10.1. The van der Waals surface area contributed by atoms with E-state index in [0.717, 1.165) is 10.5 Å². The molecular formula is C15H12N2O3S. The number of pyridine rings is 1. The van der Waals surface area contributed by atoms with Gasteiger partial charge in [-0.1, -0.05) is 12.1 Å². The summed E-state index contributed by atoms with van der Waals surface area (Å²) in [5, 5.41) is 8.99. The Morgan fingerprint density at radius 1 is 1.33 bits per heavy atom. The van der Waals surface area contributed by atoms with Crippen LogP contribution in [0.2, 0.25) is 0 Å². The highest BCUT2D eigenvalue weighted by atomic mass is 32.2. The average molecular weight is 300 g/mol. The first-order valence-corrected chi connectivity index (χ1v) is 7.23. The van der Waals surface area contributed by atoms with Crippen LogP contribution >= 0.6 is 11.8 Å². The zero-order valence-corrected chi connectivity index (χ0v) is 12.3. The van der Waals surface area contributed by atoms with Crippen molar-refractivity contribution in [3.63, 3.8) is 0 Å². The quantitative estimate of drug-likeness (QED) is 0.695. The summed E-state index contributed by atoms with van der Waals surface area (Å²) in [6.45, 7) is 0. The summed E-state index contributed by atoms with van der Waals surface area (Å²) in [5.41, 5.74) is 0.329. The van der Waals surface area contributed by atoms with E-state index in [1.165, 1.54) is 13.2 Å². The molecule has 0 aliphatic heterocycles. The van der Waals surface area contributed by atoms with Crippen molar-refractivity contribution in [2.75, 3.05) is 13.4 Å². The van der Waals surface area contributed by atoms with E-state index in [1.807, 2.05) is 30.5 Å². The van der Waals surface area contributed by atoms with Gasteiger partial charge in [-0.25, -0.2) is 4.79 Å². The molecule has 6 heteroatoms. The molecular weight excluding hydrogens is 288 g/mol. The molecule has 106 valence electrons. The van der Waals surface area contributed by atoms with Crippen LogP contribution in [0.1, 0.15) is 15.9 Å². The van der Waals surface area contributed by atoms with Gasteiger partial charge in [0.05, 0.1) is 12.7 Å². The van der Waals surface area contributed by atoms with Gasteiger partial charge in [0, 0.05) is 10.6 Å². The van der Waals surface area contributed by atoms with Gasteiger partial charge in [0.15, 0.2) is 0 Å². The summed E-state index contributed by atoms with van der Waals surface area (Å²) in [5.74, 6) is -0.709. The standard InChI is InChI=1S/C15H12N2O3S/c1-20-15(19)11-7-13(17-14(18)12(11)8-16)9-3-5-10(21-2)6-4-9/h3-7H,1-2H3,(H,17,18). The number of hydrogen-bond acceptors (Lipinski definition) is 5. The van der Waals surface area contributed by atoms with Crippen LogP contribution in [0.5, 0.6) is 0 Å². The molecule has 21 heavy (non-hydrogen) atoms. The third-order valence-corrected chi connectivity index (χ3v) is 3.69. The number of nitrogens with zero attached hydrogens (tertiary/aromatic N) is 1. The number of esters is 1. The maximum atomic E-state index is 11.9. The minimum absolute atomic E-state index is 0.0345. The lowest BCUT2D eigenvalue weighted by molar-refractivity contribution is 0.0600. The van der Waals surface area contributed by atoms with Crippen molar-refractivity contribution in [2.24, 2.45) is 0 Å². The largest absolute Gasteiger partial charge is 0.465 e.